The van der Waals surface area contributed by atoms with E-state index in [1.807, 2.05) is 0 Å². The second-order valence-corrected chi connectivity index (χ2v) is 9.41. The molecular weight excluding hydrogens is 524 g/mol. The number of benzene rings is 3. The number of rotatable bonds is 3. The average molecular weight is 536 g/mol. The van der Waals surface area contributed by atoms with Gasteiger partial charge < -0.3 is 0 Å². The van der Waals surface area contributed by atoms with Crippen LogP contribution >= 0.6 is 10.9 Å². The van der Waals surface area contributed by atoms with Crippen LogP contribution < -0.4 is 0 Å². The number of hydrogen-bond donors (Lipinski definition) is 1. The number of halogens is 12. The van der Waals surface area contributed by atoms with Gasteiger partial charge in [-0.25, -0.2) is 0 Å². The Morgan fingerprint density at radius 2 is 0.629 bits per heavy atom. The van der Waals surface area contributed by atoms with Crippen molar-refractivity contribution < 1.29 is 52.7 Å². The summed E-state index contributed by atoms with van der Waals surface area (Å²) in [6.07, 6.45) is -19.9. The van der Waals surface area contributed by atoms with Gasteiger partial charge in [0.25, 0.3) is 0 Å². The van der Waals surface area contributed by atoms with Gasteiger partial charge in [-0.1, -0.05) is 0 Å². The molecule has 0 aromatic heterocycles. The molecule has 0 radical (unpaired) electrons. The summed E-state index contributed by atoms with van der Waals surface area (Å²) in [5.41, 5.74) is -5.56. The van der Waals surface area contributed by atoms with Gasteiger partial charge in [-0.15, -0.1) is 0 Å². The topological polar surface area (TPSA) is 0 Å². The highest BCUT2D eigenvalue weighted by Crippen LogP contribution is 2.54. The molecule has 0 aliphatic heterocycles. The fourth-order valence-corrected chi connectivity index (χ4v) is 5.44. The zero-order valence-corrected chi connectivity index (χ0v) is 17.7. The van der Waals surface area contributed by atoms with Crippen molar-refractivity contribution in [1.29, 1.82) is 0 Å². The zero-order valence-electron chi connectivity index (χ0n) is 16.8. The summed E-state index contributed by atoms with van der Waals surface area (Å²) >= 11 is 0. The van der Waals surface area contributed by atoms with E-state index in [1.54, 1.807) is 0 Å². The van der Waals surface area contributed by atoms with Crippen molar-refractivity contribution in [2.24, 2.45) is 0 Å². The first kappa shape index (κ1) is 26.8. The van der Waals surface area contributed by atoms with Crippen LogP contribution in [0.2, 0.25) is 0 Å². The lowest BCUT2D eigenvalue weighted by Crippen LogP contribution is -2.11. The summed E-state index contributed by atoms with van der Waals surface area (Å²) < 4.78 is 158. The van der Waals surface area contributed by atoms with Crippen LogP contribution in [0.25, 0.3) is 0 Å². The molecule has 0 fully saturated rings. The van der Waals surface area contributed by atoms with Crippen LogP contribution in [-0.4, -0.2) is 0 Å². The third-order valence-corrected chi connectivity index (χ3v) is 7.14. The molecule has 35 heavy (non-hydrogen) atoms. The van der Waals surface area contributed by atoms with Crippen LogP contribution in [-0.2, 0) is 24.7 Å². The highest BCUT2D eigenvalue weighted by atomic mass is 32.2. The molecule has 0 nitrogen and oxygen atoms in total. The zero-order chi connectivity index (χ0) is 26.4. The van der Waals surface area contributed by atoms with Crippen molar-refractivity contribution in [3.63, 3.8) is 0 Å². The standard InChI is InChI=1S/C22H12F12S/c23-19(24,25)12-1-5-16(6-2-12)35(17-7-3-13(4-8-17)20(26,27)28)18-10-14(21(29,30)31)9-15(11-18)22(32,33)34/h1-11,35H. The maximum absolute atomic E-state index is 13.4. The maximum Gasteiger partial charge on any atom is 0.416 e. The second kappa shape index (κ2) is 8.99. The first-order valence-corrected chi connectivity index (χ1v) is 10.7. The minimum absolute atomic E-state index is 0.0970. The van der Waals surface area contributed by atoms with Gasteiger partial charge in [0.1, 0.15) is 0 Å². The number of alkyl halides is 12. The van der Waals surface area contributed by atoms with Crippen LogP contribution in [0, 0.1) is 0 Å². The Labute approximate surface area is 192 Å². The molecule has 0 N–H and O–H groups in total. The number of thiol groups is 1. The molecular formula is C22H12F12S. The minimum atomic E-state index is -5.20. The second-order valence-electron chi connectivity index (χ2n) is 7.19. The van der Waals surface area contributed by atoms with Crippen LogP contribution in [0.3, 0.4) is 0 Å². The van der Waals surface area contributed by atoms with Gasteiger partial charge in [0.2, 0.25) is 0 Å². The van der Waals surface area contributed by atoms with Gasteiger partial charge >= 0.3 is 24.7 Å². The lowest BCUT2D eigenvalue weighted by molar-refractivity contribution is -0.143. The van der Waals surface area contributed by atoms with Crippen LogP contribution in [0.1, 0.15) is 22.3 Å². The Hall–Kier alpha value is -2.83. The van der Waals surface area contributed by atoms with E-state index in [0.717, 1.165) is 24.3 Å². The van der Waals surface area contributed by atoms with Crippen molar-refractivity contribution in [3.05, 3.63) is 89.0 Å². The Morgan fingerprint density at radius 3 is 0.886 bits per heavy atom. The molecule has 3 rings (SSSR count). The summed E-state index contributed by atoms with van der Waals surface area (Å²) in [7, 11) is -2.40. The highest BCUT2D eigenvalue weighted by Gasteiger charge is 2.38. The quantitative estimate of drug-likeness (QED) is 0.250. The fraction of sp³-hybridized carbons (Fsp3) is 0.182. The fourth-order valence-electron chi connectivity index (χ4n) is 3.11. The van der Waals surface area contributed by atoms with Gasteiger partial charge in [0.15, 0.2) is 0 Å². The molecule has 0 amide bonds. The molecule has 0 saturated heterocycles. The van der Waals surface area contributed by atoms with Crippen LogP contribution in [0.5, 0.6) is 0 Å². The van der Waals surface area contributed by atoms with Crippen LogP contribution in [0.4, 0.5) is 52.7 Å². The third kappa shape index (κ3) is 6.24. The van der Waals surface area contributed by atoms with Crippen LogP contribution in [0.15, 0.2) is 81.4 Å². The molecule has 0 spiro atoms. The Morgan fingerprint density at radius 1 is 0.343 bits per heavy atom. The Kier molecular flexibility index (Phi) is 6.88. The first-order chi connectivity index (χ1) is 15.9. The molecule has 13 heteroatoms. The normalized spacial score (nSPS) is 13.7. The predicted octanol–water partition coefficient (Wildman–Crippen LogP) is 9.24. The summed E-state index contributed by atoms with van der Waals surface area (Å²) in [6.45, 7) is 0. The van der Waals surface area contributed by atoms with E-state index in [1.165, 1.54) is 0 Å². The largest absolute Gasteiger partial charge is 0.416 e. The molecule has 3 aromatic carbocycles. The van der Waals surface area contributed by atoms with Gasteiger partial charge in [-0.2, -0.15) is 63.6 Å². The molecule has 3 aromatic rings. The minimum Gasteiger partial charge on any atom is -0.173 e. The average Bonchev–Trinajstić information content (AvgIpc) is 2.72. The molecule has 0 saturated carbocycles. The summed E-state index contributed by atoms with van der Waals surface area (Å²) in [5.74, 6) is 0. The molecule has 0 aliphatic rings. The third-order valence-electron chi connectivity index (χ3n) is 4.74. The highest BCUT2D eigenvalue weighted by molar-refractivity contribution is 8.17. The molecule has 0 unspecified atom stereocenters. The van der Waals surface area contributed by atoms with Crippen molar-refractivity contribution in [1.82, 2.24) is 0 Å². The van der Waals surface area contributed by atoms with E-state index in [2.05, 4.69) is 0 Å². The summed E-state index contributed by atoms with van der Waals surface area (Å²) in [5, 5.41) is 0. The van der Waals surface area contributed by atoms with Crippen molar-refractivity contribution in [2.45, 2.75) is 39.4 Å². The van der Waals surface area contributed by atoms with E-state index >= 15 is 0 Å². The van der Waals surface area contributed by atoms with E-state index in [-0.39, 0.29) is 15.9 Å². The van der Waals surface area contributed by atoms with Gasteiger partial charge in [0.05, 0.1) is 22.3 Å². The molecule has 0 bridgehead atoms. The molecule has 0 heterocycles. The van der Waals surface area contributed by atoms with Crippen molar-refractivity contribution in [3.8, 4) is 0 Å². The molecule has 0 aliphatic carbocycles. The van der Waals surface area contributed by atoms with Crippen molar-refractivity contribution in [2.75, 3.05) is 0 Å². The molecule has 0 atom stereocenters. The smallest absolute Gasteiger partial charge is 0.173 e. The Balaban J connectivity index is 2.26. The lowest BCUT2D eigenvalue weighted by atomic mass is 10.1. The lowest BCUT2D eigenvalue weighted by Gasteiger charge is -2.26. The van der Waals surface area contributed by atoms with E-state index in [9.17, 15) is 52.7 Å². The van der Waals surface area contributed by atoms with Gasteiger partial charge in [-0.3, -0.25) is 0 Å². The molecule has 190 valence electrons. The van der Waals surface area contributed by atoms with Crippen molar-refractivity contribution >= 4 is 10.9 Å². The monoisotopic (exact) mass is 536 g/mol. The maximum atomic E-state index is 13.4. The van der Waals surface area contributed by atoms with E-state index in [4.69, 9.17) is 0 Å². The number of hydrogen-bond acceptors (Lipinski definition) is 0. The first-order valence-electron chi connectivity index (χ1n) is 9.31. The SMILES string of the molecule is FC(F)(F)c1ccc([SH](c2ccc(C(F)(F)F)cc2)c2cc(C(F)(F)F)cc(C(F)(F)F)c2)cc1. The Bertz CT molecular complexity index is 1080. The van der Waals surface area contributed by atoms with E-state index in [0.29, 0.717) is 36.4 Å². The summed E-state index contributed by atoms with van der Waals surface area (Å²) in [6, 6.07) is 6.57. The van der Waals surface area contributed by atoms with E-state index < -0.39 is 62.7 Å². The van der Waals surface area contributed by atoms with Gasteiger partial charge in [-0.05, 0) is 81.4 Å². The predicted molar refractivity (Wildman–Crippen MR) is 103 cm³/mol. The summed E-state index contributed by atoms with van der Waals surface area (Å²) in [4.78, 5) is -0.748. The van der Waals surface area contributed by atoms with Gasteiger partial charge in [0, 0.05) is 0 Å².